The van der Waals surface area contributed by atoms with Crippen molar-refractivity contribution < 1.29 is 22.8 Å². The number of ether oxygens (including phenoxy) is 1. The van der Waals surface area contributed by atoms with E-state index in [-0.39, 0.29) is 10.8 Å². The lowest BCUT2D eigenvalue weighted by Gasteiger charge is -2.22. The second-order valence-corrected chi connectivity index (χ2v) is 8.55. The minimum Gasteiger partial charge on any atom is -0.370 e. The topological polar surface area (TPSA) is 89.8 Å². The largest absolute Gasteiger partial charge is 0.370 e. The Hall–Kier alpha value is -1.55. The number of quaternary nitrogens is 1. The first-order chi connectivity index (χ1) is 10.9. The first-order valence-electron chi connectivity index (χ1n) is 7.23. The van der Waals surface area contributed by atoms with E-state index in [0.29, 0.717) is 30.4 Å². The van der Waals surface area contributed by atoms with Crippen LogP contribution in [0.4, 0.5) is 5.13 Å². The van der Waals surface area contributed by atoms with Gasteiger partial charge in [-0.1, -0.05) is 11.3 Å². The third kappa shape index (κ3) is 4.05. The molecule has 1 aromatic carbocycles. The number of nitrogens with one attached hydrogen (secondary N) is 2. The van der Waals surface area contributed by atoms with E-state index in [9.17, 15) is 13.2 Å². The molecule has 0 saturated carbocycles. The molecule has 9 heteroatoms. The van der Waals surface area contributed by atoms with Gasteiger partial charge in [0.2, 0.25) is 0 Å². The molecule has 1 saturated heterocycles. The van der Waals surface area contributed by atoms with Gasteiger partial charge in [-0.2, -0.15) is 0 Å². The number of hydrogen-bond acceptors (Lipinski definition) is 6. The first-order valence-corrected chi connectivity index (χ1v) is 9.94. The van der Waals surface area contributed by atoms with E-state index in [1.54, 1.807) is 12.1 Å². The van der Waals surface area contributed by atoms with Gasteiger partial charge in [0.15, 0.2) is 21.5 Å². The third-order valence-corrected chi connectivity index (χ3v) is 5.69. The zero-order chi connectivity index (χ0) is 16.4. The summed E-state index contributed by atoms with van der Waals surface area (Å²) >= 11 is 1.28. The van der Waals surface area contributed by atoms with Crippen molar-refractivity contribution in [2.75, 3.05) is 44.4 Å². The van der Waals surface area contributed by atoms with Crippen LogP contribution in [0, 0.1) is 0 Å². The standard InChI is InChI=1S/C14H17N3O4S2/c1-23(19,20)10-2-3-11-12(8-10)22-14(15-11)16-13(18)9-17-4-6-21-7-5-17/h2-3,8H,4-7,9H2,1H3,(H,15,16,18)/p+1. The maximum atomic E-state index is 12.1. The number of carbonyl (C=O) groups excluding carboxylic acids is 1. The first kappa shape index (κ1) is 16.3. The van der Waals surface area contributed by atoms with Crippen molar-refractivity contribution in [3.63, 3.8) is 0 Å². The minimum absolute atomic E-state index is 0.0932. The predicted octanol–water partition coefficient (Wildman–Crippen LogP) is -0.447. The van der Waals surface area contributed by atoms with Crippen molar-refractivity contribution >= 4 is 42.4 Å². The molecule has 2 heterocycles. The van der Waals surface area contributed by atoms with Crippen molar-refractivity contribution in [1.82, 2.24) is 4.98 Å². The maximum Gasteiger partial charge on any atom is 0.281 e. The summed E-state index contributed by atoms with van der Waals surface area (Å²) in [6.07, 6.45) is 1.17. The fourth-order valence-corrected chi connectivity index (χ4v) is 4.06. The molecule has 0 spiro atoms. The number of thiazole rings is 1. The summed E-state index contributed by atoms with van der Waals surface area (Å²) in [4.78, 5) is 17.9. The molecular weight excluding hydrogens is 338 g/mol. The van der Waals surface area contributed by atoms with Crippen molar-refractivity contribution in [2.45, 2.75) is 4.90 Å². The predicted molar refractivity (Wildman–Crippen MR) is 87.7 cm³/mol. The highest BCUT2D eigenvalue weighted by molar-refractivity contribution is 7.90. The van der Waals surface area contributed by atoms with Crippen LogP contribution in [0.5, 0.6) is 0 Å². The van der Waals surface area contributed by atoms with Crippen LogP contribution in [0.25, 0.3) is 10.2 Å². The monoisotopic (exact) mass is 356 g/mol. The number of fused-ring (bicyclic) bond motifs is 1. The fraction of sp³-hybridized carbons (Fsp3) is 0.429. The number of anilines is 1. The van der Waals surface area contributed by atoms with Gasteiger partial charge in [-0.15, -0.1) is 0 Å². The second-order valence-electron chi connectivity index (χ2n) is 5.51. The van der Waals surface area contributed by atoms with E-state index in [1.807, 2.05) is 0 Å². The van der Waals surface area contributed by atoms with E-state index < -0.39 is 9.84 Å². The number of rotatable bonds is 4. The Morgan fingerprint density at radius 1 is 1.39 bits per heavy atom. The number of morpholine rings is 1. The molecule has 7 nitrogen and oxygen atoms in total. The lowest BCUT2D eigenvalue weighted by molar-refractivity contribution is -0.899. The van der Waals surface area contributed by atoms with Gasteiger partial charge in [-0.05, 0) is 18.2 Å². The normalized spacial score (nSPS) is 16.6. The molecule has 0 bridgehead atoms. The quantitative estimate of drug-likeness (QED) is 0.775. The fourth-order valence-electron chi connectivity index (χ4n) is 2.42. The van der Waals surface area contributed by atoms with Crippen molar-refractivity contribution in [3.8, 4) is 0 Å². The minimum atomic E-state index is -3.25. The lowest BCUT2D eigenvalue weighted by Crippen LogP contribution is -3.15. The van der Waals surface area contributed by atoms with Crippen molar-refractivity contribution in [3.05, 3.63) is 18.2 Å². The summed E-state index contributed by atoms with van der Waals surface area (Å²) in [6, 6.07) is 4.77. The summed E-state index contributed by atoms with van der Waals surface area (Å²) in [6.45, 7) is 3.39. The second kappa shape index (κ2) is 6.52. The van der Waals surface area contributed by atoms with Crippen LogP contribution in [0.1, 0.15) is 0 Å². The van der Waals surface area contributed by atoms with Crippen molar-refractivity contribution in [1.29, 1.82) is 0 Å². The molecule has 0 unspecified atom stereocenters. The molecule has 1 aliphatic heterocycles. The summed E-state index contributed by atoms with van der Waals surface area (Å²) in [7, 11) is -3.25. The number of aromatic nitrogens is 1. The summed E-state index contributed by atoms with van der Waals surface area (Å²) in [5, 5.41) is 3.28. The van der Waals surface area contributed by atoms with Gasteiger partial charge in [0.05, 0.1) is 28.3 Å². The summed E-state index contributed by atoms with van der Waals surface area (Å²) in [5.74, 6) is -0.0932. The Bertz CT molecular complexity index is 826. The molecule has 2 aromatic rings. The zero-order valence-electron chi connectivity index (χ0n) is 12.7. The molecular formula is C14H18N3O4S2+. The van der Waals surface area contributed by atoms with Crippen LogP contribution in [-0.4, -0.2) is 58.4 Å². The van der Waals surface area contributed by atoms with Gasteiger partial charge >= 0.3 is 0 Å². The van der Waals surface area contributed by atoms with Crippen LogP contribution < -0.4 is 10.2 Å². The van der Waals surface area contributed by atoms with Crippen LogP contribution in [0.15, 0.2) is 23.1 Å². The Labute approximate surface area is 138 Å². The molecule has 1 amide bonds. The van der Waals surface area contributed by atoms with Gasteiger partial charge in [-0.25, -0.2) is 13.4 Å². The third-order valence-electron chi connectivity index (χ3n) is 3.64. The number of hydrogen-bond donors (Lipinski definition) is 2. The number of nitrogens with zero attached hydrogens (tertiary/aromatic N) is 1. The van der Waals surface area contributed by atoms with E-state index in [2.05, 4.69) is 10.3 Å². The number of benzene rings is 1. The van der Waals surface area contributed by atoms with E-state index in [4.69, 9.17) is 4.74 Å². The van der Waals surface area contributed by atoms with Gasteiger partial charge < -0.3 is 9.64 Å². The maximum absolute atomic E-state index is 12.1. The van der Waals surface area contributed by atoms with Crippen LogP contribution in [0.2, 0.25) is 0 Å². The van der Waals surface area contributed by atoms with Gasteiger partial charge in [0.25, 0.3) is 5.91 Å². The van der Waals surface area contributed by atoms with E-state index in [1.165, 1.54) is 28.6 Å². The summed E-state index contributed by atoms with van der Waals surface area (Å²) in [5.41, 5.74) is 0.677. The molecule has 1 aromatic heterocycles. The smallest absolute Gasteiger partial charge is 0.281 e. The molecule has 124 valence electrons. The number of carbonyl (C=O) groups is 1. The van der Waals surface area contributed by atoms with E-state index >= 15 is 0 Å². The highest BCUT2D eigenvalue weighted by Crippen LogP contribution is 2.28. The zero-order valence-corrected chi connectivity index (χ0v) is 14.3. The number of sulfone groups is 1. The molecule has 0 aliphatic carbocycles. The average Bonchev–Trinajstić information content (AvgIpc) is 2.88. The molecule has 23 heavy (non-hydrogen) atoms. The Kier molecular flexibility index (Phi) is 4.62. The Morgan fingerprint density at radius 3 is 2.83 bits per heavy atom. The highest BCUT2D eigenvalue weighted by Gasteiger charge is 2.19. The van der Waals surface area contributed by atoms with Gasteiger partial charge in [0, 0.05) is 6.26 Å². The number of amides is 1. The van der Waals surface area contributed by atoms with Crippen LogP contribution in [-0.2, 0) is 19.4 Å². The van der Waals surface area contributed by atoms with Gasteiger partial charge in [0.1, 0.15) is 13.1 Å². The van der Waals surface area contributed by atoms with E-state index in [0.717, 1.165) is 17.8 Å². The molecule has 0 radical (unpaired) electrons. The molecule has 1 aliphatic rings. The molecule has 3 rings (SSSR count). The summed E-state index contributed by atoms with van der Waals surface area (Å²) < 4.78 is 29.2. The molecule has 0 atom stereocenters. The SMILES string of the molecule is CS(=O)(=O)c1ccc2nc(NC(=O)C[NH+]3CCOCC3)sc2c1. The van der Waals surface area contributed by atoms with Gasteiger partial charge in [-0.3, -0.25) is 10.1 Å². The Morgan fingerprint density at radius 2 is 2.13 bits per heavy atom. The lowest BCUT2D eigenvalue weighted by atomic mass is 10.3. The average molecular weight is 356 g/mol. The highest BCUT2D eigenvalue weighted by atomic mass is 32.2. The van der Waals surface area contributed by atoms with Crippen LogP contribution in [0.3, 0.4) is 0 Å². The molecule has 2 N–H and O–H groups in total. The Balaban J connectivity index is 1.71. The van der Waals surface area contributed by atoms with Crippen molar-refractivity contribution in [2.24, 2.45) is 0 Å². The van der Waals surface area contributed by atoms with Crippen LogP contribution >= 0.6 is 11.3 Å². The molecule has 1 fully saturated rings.